The fourth-order valence-corrected chi connectivity index (χ4v) is 2.38. The molecule has 0 bridgehead atoms. The van der Waals surface area contributed by atoms with Gasteiger partial charge in [-0.05, 0) is 31.6 Å². The predicted octanol–water partition coefficient (Wildman–Crippen LogP) is 1.99. The van der Waals surface area contributed by atoms with Crippen LogP contribution in [0.15, 0.2) is 39.7 Å². The number of allylic oxidation sites excluding steroid dienone is 1. The van der Waals surface area contributed by atoms with Gasteiger partial charge in [-0.15, -0.1) is 0 Å². The highest BCUT2D eigenvalue weighted by atomic mass is 16.5. The number of hydrogen-bond acceptors (Lipinski definition) is 5. The summed E-state index contributed by atoms with van der Waals surface area (Å²) >= 11 is 0. The van der Waals surface area contributed by atoms with Crippen molar-refractivity contribution in [2.75, 3.05) is 27.4 Å². The number of esters is 1. The Bertz CT molecular complexity index is 612. The quantitative estimate of drug-likeness (QED) is 0.457. The van der Waals surface area contributed by atoms with Gasteiger partial charge in [0.15, 0.2) is 0 Å². The van der Waals surface area contributed by atoms with Gasteiger partial charge in [0.25, 0.3) is 5.91 Å². The molecule has 22 heavy (non-hydrogen) atoms. The van der Waals surface area contributed by atoms with E-state index in [0.717, 1.165) is 0 Å². The minimum atomic E-state index is -0.530. The molecule has 2 heterocycles. The first-order valence-electron chi connectivity index (χ1n) is 6.95. The Hall–Kier alpha value is -2.34. The minimum Gasteiger partial charge on any atom is -0.465 e. The van der Waals surface area contributed by atoms with E-state index in [0.29, 0.717) is 31.0 Å². The van der Waals surface area contributed by atoms with Gasteiger partial charge < -0.3 is 18.8 Å². The Morgan fingerprint density at radius 1 is 1.41 bits per heavy atom. The van der Waals surface area contributed by atoms with E-state index in [1.807, 2.05) is 0 Å². The molecule has 0 aromatic carbocycles. The third-order valence-corrected chi connectivity index (χ3v) is 3.46. The molecule has 0 saturated carbocycles. The van der Waals surface area contributed by atoms with E-state index in [9.17, 15) is 9.59 Å². The van der Waals surface area contributed by atoms with E-state index < -0.39 is 5.97 Å². The van der Waals surface area contributed by atoms with Crippen LogP contribution in [0.1, 0.15) is 19.1 Å². The van der Waals surface area contributed by atoms with Crippen molar-refractivity contribution >= 4 is 18.0 Å². The number of carbonyl (C=O) groups is 2. The summed E-state index contributed by atoms with van der Waals surface area (Å²) in [6.07, 6.45) is 3.76. The maximum Gasteiger partial charge on any atom is 0.340 e. The molecular formula is C16H19NO5. The molecule has 2 rings (SSSR count). The molecule has 1 aliphatic rings. The van der Waals surface area contributed by atoms with Crippen molar-refractivity contribution in [1.29, 1.82) is 0 Å². The summed E-state index contributed by atoms with van der Waals surface area (Å²) in [5.41, 5.74) is 1.16. The molecule has 0 aliphatic carbocycles. The predicted molar refractivity (Wildman–Crippen MR) is 79.6 cm³/mol. The topological polar surface area (TPSA) is 69.0 Å². The second-order valence-corrected chi connectivity index (χ2v) is 4.83. The van der Waals surface area contributed by atoms with Crippen molar-refractivity contribution < 1.29 is 23.5 Å². The lowest BCUT2D eigenvalue weighted by Crippen LogP contribution is -2.26. The van der Waals surface area contributed by atoms with Gasteiger partial charge in [-0.2, -0.15) is 0 Å². The van der Waals surface area contributed by atoms with Crippen molar-refractivity contribution in [2.24, 2.45) is 0 Å². The highest BCUT2D eigenvalue weighted by Crippen LogP contribution is 2.31. The number of carbonyl (C=O) groups excluding carboxylic acids is 2. The molecule has 1 aromatic rings. The van der Waals surface area contributed by atoms with Crippen LogP contribution in [-0.2, 0) is 19.1 Å². The van der Waals surface area contributed by atoms with Gasteiger partial charge >= 0.3 is 5.97 Å². The zero-order valence-corrected chi connectivity index (χ0v) is 12.9. The third kappa shape index (κ3) is 3.12. The summed E-state index contributed by atoms with van der Waals surface area (Å²) in [4.78, 5) is 26.2. The van der Waals surface area contributed by atoms with Crippen LogP contribution in [0.25, 0.3) is 6.08 Å². The highest BCUT2D eigenvalue weighted by Gasteiger charge is 2.36. The van der Waals surface area contributed by atoms with Gasteiger partial charge in [-0.3, -0.25) is 4.79 Å². The molecule has 1 aliphatic heterocycles. The molecule has 0 fully saturated rings. The summed E-state index contributed by atoms with van der Waals surface area (Å²) in [6.45, 7) is 2.76. The zero-order chi connectivity index (χ0) is 16.1. The first kappa shape index (κ1) is 16.0. The molecule has 118 valence electrons. The third-order valence-electron chi connectivity index (χ3n) is 3.46. The van der Waals surface area contributed by atoms with Crippen LogP contribution < -0.4 is 0 Å². The summed E-state index contributed by atoms with van der Waals surface area (Å²) in [5.74, 6) is -0.250. The monoisotopic (exact) mass is 305 g/mol. The summed E-state index contributed by atoms with van der Waals surface area (Å²) in [5, 5.41) is 0. The lowest BCUT2D eigenvalue weighted by atomic mass is 10.1. The Balaban J connectivity index is 2.36. The Morgan fingerprint density at radius 2 is 2.18 bits per heavy atom. The molecule has 6 heteroatoms. The van der Waals surface area contributed by atoms with Crippen LogP contribution in [0, 0.1) is 0 Å². The van der Waals surface area contributed by atoms with Gasteiger partial charge in [-0.25, -0.2) is 4.79 Å². The fraction of sp³-hybridized carbons (Fsp3) is 0.375. The average Bonchev–Trinajstić information content (AvgIpc) is 3.09. The van der Waals surface area contributed by atoms with Gasteiger partial charge in [0.2, 0.25) is 0 Å². The number of methoxy groups -OCH3 is 2. The number of nitrogens with zero attached hydrogens (tertiary/aromatic N) is 1. The van der Waals surface area contributed by atoms with Gasteiger partial charge in [-0.1, -0.05) is 0 Å². The normalized spacial score (nSPS) is 16.8. The highest BCUT2D eigenvalue weighted by molar-refractivity contribution is 6.16. The lowest BCUT2D eigenvalue weighted by Gasteiger charge is -2.17. The smallest absolute Gasteiger partial charge is 0.340 e. The second-order valence-electron chi connectivity index (χ2n) is 4.83. The standard InChI is InChI=1S/C16H19NO5/c1-11-14(16(19)21-3)13(10-12-6-4-9-22-12)15(18)17(11)7-5-8-20-2/h4,6,9-10H,5,7-8H2,1-3H3. The maximum atomic E-state index is 12.6. The molecule has 0 atom stereocenters. The van der Waals surface area contributed by atoms with Crippen LogP contribution >= 0.6 is 0 Å². The fourth-order valence-electron chi connectivity index (χ4n) is 2.38. The summed E-state index contributed by atoms with van der Waals surface area (Å²) < 4.78 is 15.0. The van der Waals surface area contributed by atoms with E-state index in [2.05, 4.69) is 0 Å². The van der Waals surface area contributed by atoms with E-state index in [1.165, 1.54) is 13.4 Å². The van der Waals surface area contributed by atoms with E-state index in [-0.39, 0.29) is 17.1 Å². The van der Waals surface area contributed by atoms with Gasteiger partial charge in [0.05, 0.1) is 24.5 Å². The number of hydrogen-bond donors (Lipinski definition) is 0. The van der Waals surface area contributed by atoms with Crippen molar-refractivity contribution in [1.82, 2.24) is 4.90 Å². The van der Waals surface area contributed by atoms with Crippen LogP contribution in [0.3, 0.4) is 0 Å². The number of amides is 1. The molecule has 0 saturated heterocycles. The first-order valence-corrected chi connectivity index (χ1v) is 6.95. The van der Waals surface area contributed by atoms with Gasteiger partial charge in [0, 0.05) is 26.0 Å². The van der Waals surface area contributed by atoms with Crippen LogP contribution in [0.5, 0.6) is 0 Å². The van der Waals surface area contributed by atoms with E-state index >= 15 is 0 Å². The van der Waals surface area contributed by atoms with Crippen molar-refractivity contribution in [3.8, 4) is 0 Å². The largest absolute Gasteiger partial charge is 0.465 e. The molecule has 0 spiro atoms. The van der Waals surface area contributed by atoms with Crippen LogP contribution in [-0.4, -0.2) is 44.1 Å². The van der Waals surface area contributed by atoms with Crippen molar-refractivity contribution in [3.63, 3.8) is 0 Å². The molecule has 1 aromatic heterocycles. The SMILES string of the molecule is COCCCN1C(=O)C(=Cc2ccco2)C(C(=O)OC)=C1C. The molecule has 0 radical (unpaired) electrons. The molecular weight excluding hydrogens is 286 g/mol. The van der Waals surface area contributed by atoms with Crippen LogP contribution in [0.2, 0.25) is 0 Å². The van der Waals surface area contributed by atoms with Gasteiger partial charge in [0.1, 0.15) is 5.76 Å². The second kappa shape index (κ2) is 7.09. The Kier molecular flexibility index (Phi) is 5.16. The van der Waals surface area contributed by atoms with Crippen molar-refractivity contribution in [3.05, 3.63) is 41.0 Å². The lowest BCUT2D eigenvalue weighted by molar-refractivity contribution is -0.136. The zero-order valence-electron chi connectivity index (χ0n) is 12.9. The van der Waals surface area contributed by atoms with Crippen molar-refractivity contribution in [2.45, 2.75) is 13.3 Å². The number of ether oxygens (including phenoxy) is 2. The minimum absolute atomic E-state index is 0.231. The molecule has 1 amide bonds. The van der Waals surface area contributed by atoms with E-state index in [4.69, 9.17) is 13.9 Å². The molecule has 6 nitrogen and oxygen atoms in total. The molecule has 0 N–H and O–H groups in total. The summed E-state index contributed by atoms with van der Waals surface area (Å²) in [7, 11) is 2.90. The number of rotatable bonds is 6. The Labute approximate surface area is 129 Å². The average molecular weight is 305 g/mol. The molecule has 0 unspecified atom stereocenters. The van der Waals surface area contributed by atoms with Crippen LogP contribution in [0.4, 0.5) is 0 Å². The maximum absolute atomic E-state index is 12.6. The summed E-state index contributed by atoms with van der Waals surface area (Å²) in [6, 6.07) is 3.44. The van der Waals surface area contributed by atoms with E-state index in [1.54, 1.807) is 37.1 Å². The first-order chi connectivity index (χ1) is 10.6. The Morgan fingerprint density at radius 3 is 2.77 bits per heavy atom. The number of furan rings is 1.